The van der Waals surface area contributed by atoms with Crippen LogP contribution in [0.25, 0.3) is 0 Å². The largest absolute Gasteiger partial charge is 0.373 e. The first kappa shape index (κ1) is 29.8. The van der Waals surface area contributed by atoms with E-state index in [0.717, 1.165) is 25.7 Å². The lowest BCUT2D eigenvalue weighted by Crippen LogP contribution is -2.49. The molecule has 5 nitrogen and oxygen atoms in total. The van der Waals surface area contributed by atoms with Crippen molar-refractivity contribution in [3.63, 3.8) is 0 Å². The fraction of sp³-hybridized carbons (Fsp3) is 0.917. The van der Waals surface area contributed by atoms with Gasteiger partial charge in [-0.1, -0.05) is 83.3 Å². The maximum atomic E-state index is 11.8. The fourth-order valence-corrected chi connectivity index (χ4v) is 4.97. The molecule has 30 heavy (non-hydrogen) atoms. The number of nitrogens with zero attached hydrogens (tertiary/aromatic N) is 1. The molecule has 3 N–H and O–H groups in total. The van der Waals surface area contributed by atoms with Gasteiger partial charge in [0.2, 0.25) is 5.34 Å². The van der Waals surface area contributed by atoms with Gasteiger partial charge in [0.1, 0.15) is 6.54 Å². The number of hydrogen-bond donors (Lipinski definition) is 3. The van der Waals surface area contributed by atoms with E-state index in [9.17, 15) is 19.5 Å². The molecule has 0 aliphatic heterocycles. The van der Waals surface area contributed by atoms with Crippen molar-refractivity contribution >= 4 is 7.60 Å². The smallest absolute Gasteiger partial charge is 0.362 e. The van der Waals surface area contributed by atoms with Crippen molar-refractivity contribution in [3.05, 3.63) is 12.2 Å². The fourth-order valence-electron chi connectivity index (χ4n) is 3.91. The van der Waals surface area contributed by atoms with Crippen molar-refractivity contribution in [3.8, 4) is 0 Å². The van der Waals surface area contributed by atoms with E-state index < -0.39 is 12.9 Å². The van der Waals surface area contributed by atoms with E-state index in [1.807, 2.05) is 21.1 Å². The standard InChI is InChI=1S/C24H50NO4P/c1-5-6-7-8-9-10-11-12-13-14-15-16-17-18-19-20-21-22-24(26,30(27,28)29)23-25(2,3)4/h16-17,26H,5-15,18-23H2,1-4H3,(H-,27,28,29)/p+1/b17-16-. The second-order valence-electron chi connectivity index (χ2n) is 10.0. The average molecular weight is 449 g/mol. The Morgan fingerprint density at radius 3 is 1.53 bits per heavy atom. The predicted octanol–water partition coefficient (Wildman–Crippen LogP) is 6.38. The molecule has 0 aromatic rings. The van der Waals surface area contributed by atoms with Gasteiger partial charge in [0, 0.05) is 0 Å². The summed E-state index contributed by atoms with van der Waals surface area (Å²) in [5, 5.41) is 8.60. The maximum absolute atomic E-state index is 11.8. The SMILES string of the molecule is CCCCCCCCCCCC/C=C\CCCCCC(O)(C[N+](C)(C)C)P(=O)(O)O. The van der Waals surface area contributed by atoms with Crippen molar-refractivity contribution < 1.29 is 23.9 Å². The summed E-state index contributed by atoms with van der Waals surface area (Å²) in [5.74, 6) is 0. The lowest BCUT2D eigenvalue weighted by molar-refractivity contribution is -0.875. The highest BCUT2D eigenvalue weighted by Crippen LogP contribution is 2.52. The molecule has 0 saturated carbocycles. The minimum absolute atomic E-state index is 0.0516. The average Bonchev–Trinajstić information content (AvgIpc) is 2.62. The molecule has 1 unspecified atom stereocenters. The minimum atomic E-state index is -4.55. The molecule has 1 atom stereocenters. The van der Waals surface area contributed by atoms with Crippen LogP contribution in [0, 0.1) is 0 Å². The second kappa shape index (κ2) is 16.4. The van der Waals surface area contributed by atoms with Crippen LogP contribution in [-0.2, 0) is 4.57 Å². The van der Waals surface area contributed by atoms with Gasteiger partial charge in [-0.25, -0.2) is 0 Å². The van der Waals surface area contributed by atoms with Crippen LogP contribution < -0.4 is 0 Å². The number of likely N-dealkylation sites (N-methyl/N-ethyl adjacent to an activating group) is 1. The molecule has 0 aromatic carbocycles. The number of unbranched alkanes of at least 4 members (excludes halogenated alkanes) is 13. The molecule has 6 heteroatoms. The Hall–Kier alpha value is -0.190. The Morgan fingerprint density at radius 1 is 0.733 bits per heavy atom. The van der Waals surface area contributed by atoms with Crippen LogP contribution in [0.1, 0.15) is 110 Å². The summed E-state index contributed by atoms with van der Waals surface area (Å²) in [5.41, 5.74) is 0. The highest BCUT2D eigenvalue weighted by Gasteiger charge is 2.48. The zero-order chi connectivity index (χ0) is 22.9. The maximum Gasteiger partial charge on any atom is 0.362 e. The summed E-state index contributed by atoms with van der Waals surface area (Å²) >= 11 is 0. The number of rotatable bonds is 20. The van der Waals surface area contributed by atoms with Crippen LogP contribution in [0.2, 0.25) is 0 Å². The molecule has 0 saturated heterocycles. The van der Waals surface area contributed by atoms with Gasteiger partial charge in [0.15, 0.2) is 0 Å². The van der Waals surface area contributed by atoms with Crippen LogP contribution >= 0.6 is 7.60 Å². The van der Waals surface area contributed by atoms with Gasteiger partial charge >= 0.3 is 7.60 Å². The Morgan fingerprint density at radius 2 is 1.13 bits per heavy atom. The third kappa shape index (κ3) is 16.5. The summed E-state index contributed by atoms with van der Waals surface area (Å²) in [7, 11) is 0.951. The molecule has 0 rings (SSSR count). The molecule has 0 fully saturated rings. The van der Waals surface area contributed by atoms with Crippen molar-refractivity contribution in [1.29, 1.82) is 0 Å². The van der Waals surface area contributed by atoms with Crippen molar-refractivity contribution in [2.24, 2.45) is 0 Å². The van der Waals surface area contributed by atoms with Crippen LogP contribution in [0.15, 0.2) is 12.2 Å². The van der Waals surface area contributed by atoms with Gasteiger partial charge in [0.05, 0.1) is 21.1 Å². The third-order valence-electron chi connectivity index (χ3n) is 5.61. The Balaban J connectivity index is 3.69. The van der Waals surface area contributed by atoms with E-state index in [2.05, 4.69) is 19.1 Å². The minimum Gasteiger partial charge on any atom is -0.373 e. The topological polar surface area (TPSA) is 77.8 Å². The number of quaternary nitrogens is 1. The number of allylic oxidation sites excluding steroid dienone is 2. The zero-order valence-electron chi connectivity index (χ0n) is 20.3. The van der Waals surface area contributed by atoms with Gasteiger partial charge in [-0.15, -0.1) is 0 Å². The van der Waals surface area contributed by atoms with Gasteiger partial charge in [-0.3, -0.25) is 4.57 Å². The first-order chi connectivity index (χ1) is 14.0. The molecule has 0 radical (unpaired) electrons. The van der Waals surface area contributed by atoms with Crippen LogP contribution in [0.4, 0.5) is 0 Å². The Labute approximate surface area is 186 Å². The van der Waals surface area contributed by atoms with Gasteiger partial charge in [-0.2, -0.15) is 0 Å². The summed E-state index contributed by atoms with van der Waals surface area (Å²) in [4.78, 5) is 19.1. The zero-order valence-corrected chi connectivity index (χ0v) is 21.2. The summed E-state index contributed by atoms with van der Waals surface area (Å²) < 4.78 is 12.1. The molecule has 180 valence electrons. The molecule has 0 aliphatic carbocycles. The lowest BCUT2D eigenvalue weighted by atomic mass is 10.1. The number of aliphatic hydroxyl groups is 1. The quantitative estimate of drug-likeness (QED) is 0.0874. The molecule has 0 amide bonds. The second-order valence-corrected chi connectivity index (χ2v) is 11.9. The van der Waals surface area contributed by atoms with Gasteiger partial charge in [0.25, 0.3) is 0 Å². The molecular formula is C24H51NO4P+. The summed E-state index contributed by atoms with van der Waals surface area (Å²) in [6, 6.07) is 0. The summed E-state index contributed by atoms with van der Waals surface area (Å²) in [6.45, 7) is 2.31. The van der Waals surface area contributed by atoms with Crippen molar-refractivity contribution in [1.82, 2.24) is 0 Å². The van der Waals surface area contributed by atoms with Crippen LogP contribution in [-0.4, -0.2) is 52.4 Å². The first-order valence-electron chi connectivity index (χ1n) is 12.3. The normalized spacial score (nSPS) is 15.0. The third-order valence-corrected chi connectivity index (χ3v) is 7.06. The summed E-state index contributed by atoms with van der Waals surface area (Å²) in [6.07, 6.45) is 23.0. The molecule has 0 aromatic heterocycles. The van der Waals surface area contributed by atoms with E-state index in [-0.39, 0.29) is 13.0 Å². The van der Waals surface area contributed by atoms with E-state index >= 15 is 0 Å². The molecule has 0 spiro atoms. The molecule has 0 aliphatic rings. The van der Waals surface area contributed by atoms with Crippen molar-refractivity contribution in [2.45, 2.75) is 115 Å². The molecular weight excluding hydrogens is 397 g/mol. The highest BCUT2D eigenvalue weighted by atomic mass is 31.2. The van der Waals surface area contributed by atoms with Gasteiger partial charge < -0.3 is 19.4 Å². The Kier molecular flexibility index (Phi) is 16.3. The van der Waals surface area contributed by atoms with Gasteiger partial charge in [-0.05, 0) is 38.5 Å². The van der Waals surface area contributed by atoms with Crippen LogP contribution in [0.5, 0.6) is 0 Å². The van der Waals surface area contributed by atoms with E-state index in [0.29, 0.717) is 10.9 Å². The monoisotopic (exact) mass is 448 g/mol. The van der Waals surface area contributed by atoms with Crippen LogP contribution in [0.3, 0.4) is 0 Å². The molecule has 0 heterocycles. The van der Waals surface area contributed by atoms with E-state index in [1.165, 1.54) is 64.2 Å². The highest BCUT2D eigenvalue weighted by molar-refractivity contribution is 7.53. The Bertz CT molecular complexity index is 484. The first-order valence-corrected chi connectivity index (χ1v) is 13.9. The van der Waals surface area contributed by atoms with Crippen molar-refractivity contribution in [2.75, 3.05) is 27.7 Å². The predicted molar refractivity (Wildman–Crippen MR) is 129 cm³/mol. The van der Waals surface area contributed by atoms with E-state index in [4.69, 9.17) is 0 Å². The number of hydrogen-bond acceptors (Lipinski definition) is 2. The lowest BCUT2D eigenvalue weighted by Gasteiger charge is -2.35. The van der Waals surface area contributed by atoms with E-state index in [1.54, 1.807) is 0 Å². The molecule has 0 bridgehead atoms.